The molecule has 0 atom stereocenters. The molecule has 3 aromatic rings. The molecule has 180 valence electrons. The second-order valence-electron chi connectivity index (χ2n) is 8.11. The largest absolute Gasteiger partial charge is 0.493 e. The summed E-state index contributed by atoms with van der Waals surface area (Å²) in [4.78, 5) is 18.0. The molecule has 0 radical (unpaired) electrons. The number of pyridine rings is 1. The minimum Gasteiger partial charge on any atom is -0.493 e. The van der Waals surface area contributed by atoms with Crippen molar-refractivity contribution >= 4 is 39.8 Å². The smallest absolute Gasteiger partial charge is 0.245 e. The first-order valence-corrected chi connectivity index (χ1v) is 11.5. The summed E-state index contributed by atoms with van der Waals surface area (Å²) in [6.45, 7) is 4.51. The van der Waals surface area contributed by atoms with Crippen molar-refractivity contribution in [3.8, 4) is 17.6 Å². The Morgan fingerprint density at radius 1 is 1.34 bits per heavy atom. The van der Waals surface area contributed by atoms with Gasteiger partial charge in [-0.25, -0.2) is 0 Å². The van der Waals surface area contributed by atoms with E-state index in [4.69, 9.17) is 21.1 Å². The maximum absolute atomic E-state index is 11.9. The van der Waals surface area contributed by atoms with Gasteiger partial charge in [0.15, 0.2) is 11.5 Å². The highest BCUT2D eigenvalue weighted by Crippen LogP contribution is 2.38. The minimum absolute atomic E-state index is 0.0795. The number of aliphatic hydroxyl groups excluding tert-OH is 1. The number of ether oxygens (including phenoxy) is 2. The Hall–Kier alpha value is -3.80. The fraction of sp³-hybridized carbons (Fsp3) is 0.269. The topological polar surface area (TPSA) is 108 Å². The number of carbonyl (C=O) groups is 1. The Kier molecular flexibility index (Phi) is 7.39. The molecule has 0 bridgehead atoms. The van der Waals surface area contributed by atoms with E-state index < -0.39 is 0 Å². The van der Waals surface area contributed by atoms with E-state index in [-0.39, 0.29) is 18.6 Å². The molecule has 1 aliphatic heterocycles. The number of aromatic nitrogens is 1. The third-order valence-electron chi connectivity index (χ3n) is 5.98. The first kappa shape index (κ1) is 24.3. The Morgan fingerprint density at radius 3 is 2.77 bits per heavy atom. The number of nitrogens with one attached hydrogen (secondary N) is 1. The predicted molar refractivity (Wildman–Crippen MR) is 134 cm³/mol. The van der Waals surface area contributed by atoms with Crippen LogP contribution in [0.5, 0.6) is 11.5 Å². The zero-order valence-corrected chi connectivity index (χ0v) is 20.0. The van der Waals surface area contributed by atoms with Crippen molar-refractivity contribution in [2.24, 2.45) is 0 Å². The SMILES string of the molecule is C=CC(=O)N1CCC(Oc2cc3c(Nc4ccc(Cl)c(CO)c4)c(C#N)cnc3cc2OC)CC1. The Morgan fingerprint density at radius 2 is 2.11 bits per heavy atom. The van der Waals surface area contributed by atoms with Gasteiger partial charge in [0.1, 0.15) is 12.2 Å². The highest BCUT2D eigenvalue weighted by atomic mass is 35.5. The predicted octanol–water partition coefficient (Wildman–Crippen LogP) is 4.56. The summed E-state index contributed by atoms with van der Waals surface area (Å²) in [6.07, 6.45) is 4.09. The Bertz CT molecular complexity index is 1310. The van der Waals surface area contributed by atoms with Gasteiger partial charge in [0.2, 0.25) is 5.91 Å². The van der Waals surface area contributed by atoms with E-state index in [1.54, 1.807) is 36.3 Å². The minimum atomic E-state index is -0.205. The number of fused-ring (bicyclic) bond motifs is 1. The number of nitrogens with zero attached hydrogens (tertiary/aromatic N) is 3. The lowest BCUT2D eigenvalue weighted by atomic mass is 10.1. The average molecular weight is 493 g/mol. The summed E-state index contributed by atoms with van der Waals surface area (Å²) in [7, 11) is 1.56. The van der Waals surface area contributed by atoms with Gasteiger partial charge in [-0.2, -0.15) is 5.26 Å². The van der Waals surface area contributed by atoms with Crippen LogP contribution >= 0.6 is 11.6 Å². The van der Waals surface area contributed by atoms with Crippen molar-refractivity contribution in [1.82, 2.24) is 9.88 Å². The first-order valence-electron chi connectivity index (χ1n) is 11.1. The molecule has 35 heavy (non-hydrogen) atoms. The number of aliphatic hydroxyl groups is 1. The van der Waals surface area contributed by atoms with Gasteiger partial charge < -0.3 is 24.8 Å². The van der Waals surface area contributed by atoms with Crippen molar-refractivity contribution in [3.05, 3.63) is 65.3 Å². The van der Waals surface area contributed by atoms with E-state index in [0.29, 0.717) is 75.9 Å². The summed E-state index contributed by atoms with van der Waals surface area (Å²) in [5.74, 6) is 0.976. The number of anilines is 2. The maximum atomic E-state index is 11.9. The summed E-state index contributed by atoms with van der Waals surface area (Å²) in [6, 6.07) is 11.0. The number of hydrogen-bond acceptors (Lipinski definition) is 7. The molecule has 0 spiro atoms. The monoisotopic (exact) mass is 492 g/mol. The van der Waals surface area contributed by atoms with Gasteiger partial charge in [0, 0.05) is 54.3 Å². The van der Waals surface area contributed by atoms with Crippen LogP contribution in [0.1, 0.15) is 24.0 Å². The molecule has 4 rings (SSSR count). The van der Waals surface area contributed by atoms with Crippen LogP contribution in [-0.2, 0) is 11.4 Å². The molecule has 0 saturated carbocycles. The van der Waals surface area contributed by atoms with Gasteiger partial charge in [0.05, 0.1) is 30.5 Å². The number of rotatable bonds is 7. The van der Waals surface area contributed by atoms with Crippen LogP contribution in [-0.4, -0.2) is 47.2 Å². The zero-order chi connectivity index (χ0) is 24.9. The molecule has 2 heterocycles. The lowest BCUT2D eigenvalue weighted by Gasteiger charge is -2.31. The van der Waals surface area contributed by atoms with E-state index in [2.05, 4.69) is 22.9 Å². The molecular formula is C26H25ClN4O4. The van der Waals surface area contributed by atoms with Gasteiger partial charge in [0.25, 0.3) is 0 Å². The average Bonchev–Trinajstić information content (AvgIpc) is 2.89. The quantitative estimate of drug-likeness (QED) is 0.465. The molecule has 1 aliphatic rings. The fourth-order valence-corrected chi connectivity index (χ4v) is 4.27. The van der Waals surface area contributed by atoms with Crippen LogP contribution in [0.4, 0.5) is 11.4 Å². The van der Waals surface area contributed by atoms with E-state index in [1.807, 2.05) is 6.07 Å². The molecule has 1 amide bonds. The van der Waals surface area contributed by atoms with E-state index in [1.165, 1.54) is 12.3 Å². The van der Waals surface area contributed by atoms with Gasteiger partial charge in [-0.15, -0.1) is 0 Å². The van der Waals surface area contributed by atoms with Gasteiger partial charge in [-0.3, -0.25) is 9.78 Å². The molecule has 8 nitrogen and oxygen atoms in total. The molecule has 0 aliphatic carbocycles. The summed E-state index contributed by atoms with van der Waals surface area (Å²) < 4.78 is 11.9. The van der Waals surface area contributed by atoms with Crippen molar-refractivity contribution in [1.29, 1.82) is 5.26 Å². The maximum Gasteiger partial charge on any atom is 0.245 e. The first-order chi connectivity index (χ1) is 17.0. The molecule has 2 N–H and O–H groups in total. The van der Waals surface area contributed by atoms with Gasteiger partial charge >= 0.3 is 0 Å². The zero-order valence-electron chi connectivity index (χ0n) is 19.3. The van der Waals surface area contributed by atoms with Crippen LogP contribution in [0.25, 0.3) is 10.9 Å². The lowest BCUT2D eigenvalue weighted by molar-refractivity contribution is -0.127. The van der Waals surface area contributed by atoms with Crippen molar-refractivity contribution < 1.29 is 19.4 Å². The Labute approximate surface area is 208 Å². The lowest BCUT2D eigenvalue weighted by Crippen LogP contribution is -2.41. The number of piperidine rings is 1. The van der Waals surface area contributed by atoms with Crippen LogP contribution in [0.3, 0.4) is 0 Å². The van der Waals surface area contributed by atoms with Gasteiger partial charge in [-0.1, -0.05) is 18.2 Å². The number of hydrogen-bond donors (Lipinski definition) is 2. The number of nitriles is 1. The summed E-state index contributed by atoms with van der Waals surface area (Å²) >= 11 is 6.13. The molecule has 1 saturated heterocycles. The van der Waals surface area contributed by atoms with Crippen LogP contribution < -0.4 is 14.8 Å². The number of halogens is 1. The summed E-state index contributed by atoms with van der Waals surface area (Å²) in [5, 5.41) is 23.7. The third kappa shape index (κ3) is 5.16. The standard InChI is InChI=1S/C26H25ClN4O4/c1-3-25(33)31-8-6-19(7-9-31)35-24-11-20-22(12-23(24)34-2)29-14-17(13-28)26(20)30-18-4-5-21(27)16(10-18)15-32/h3-5,10-12,14,19,32H,1,6-9,15H2,2H3,(H,29,30). The third-order valence-corrected chi connectivity index (χ3v) is 6.35. The van der Waals surface area contributed by atoms with Crippen LogP contribution in [0.15, 0.2) is 49.2 Å². The molecule has 2 aromatic carbocycles. The van der Waals surface area contributed by atoms with E-state index in [9.17, 15) is 15.2 Å². The number of likely N-dealkylation sites (tertiary alicyclic amines) is 1. The molecule has 9 heteroatoms. The van der Waals surface area contributed by atoms with Crippen LogP contribution in [0, 0.1) is 11.3 Å². The second-order valence-corrected chi connectivity index (χ2v) is 8.52. The fourth-order valence-electron chi connectivity index (χ4n) is 4.09. The molecule has 0 unspecified atom stereocenters. The van der Waals surface area contributed by atoms with E-state index >= 15 is 0 Å². The molecule has 1 fully saturated rings. The summed E-state index contributed by atoms with van der Waals surface area (Å²) in [5.41, 5.74) is 2.77. The van der Waals surface area contributed by atoms with Crippen LogP contribution in [0.2, 0.25) is 5.02 Å². The second kappa shape index (κ2) is 10.6. The molecule has 1 aromatic heterocycles. The van der Waals surface area contributed by atoms with Crippen molar-refractivity contribution in [3.63, 3.8) is 0 Å². The number of carbonyl (C=O) groups excluding carboxylic acids is 1. The highest BCUT2D eigenvalue weighted by molar-refractivity contribution is 6.31. The van der Waals surface area contributed by atoms with E-state index in [0.717, 1.165) is 0 Å². The number of amides is 1. The van der Waals surface area contributed by atoms with Crippen molar-refractivity contribution in [2.75, 3.05) is 25.5 Å². The number of methoxy groups -OCH3 is 1. The Balaban J connectivity index is 1.69. The van der Waals surface area contributed by atoms with Crippen molar-refractivity contribution in [2.45, 2.75) is 25.6 Å². The highest BCUT2D eigenvalue weighted by Gasteiger charge is 2.24. The number of benzene rings is 2. The van der Waals surface area contributed by atoms with Gasteiger partial charge in [-0.05, 0) is 35.9 Å². The molecular weight excluding hydrogens is 468 g/mol. The normalized spacial score (nSPS) is 13.8.